The van der Waals surface area contributed by atoms with E-state index in [4.69, 9.17) is 25.5 Å². The van der Waals surface area contributed by atoms with Crippen molar-refractivity contribution in [1.29, 1.82) is 0 Å². The van der Waals surface area contributed by atoms with Gasteiger partial charge in [0, 0.05) is 72.0 Å². The quantitative estimate of drug-likeness (QED) is 0.0464. The molecule has 50 heavy (non-hydrogen) atoms. The van der Waals surface area contributed by atoms with Crippen LogP contribution in [0.2, 0.25) is 0 Å². The van der Waals surface area contributed by atoms with Gasteiger partial charge >= 0.3 is 5.97 Å². The van der Waals surface area contributed by atoms with Crippen molar-refractivity contribution in [3.8, 4) is 22.5 Å². The number of ether oxygens (including phenoxy) is 2. The van der Waals surface area contributed by atoms with Gasteiger partial charge in [0.1, 0.15) is 41.4 Å². The van der Waals surface area contributed by atoms with Gasteiger partial charge < -0.3 is 29.2 Å². The van der Waals surface area contributed by atoms with E-state index in [1.165, 1.54) is 0 Å². The van der Waals surface area contributed by atoms with Crippen LogP contribution in [0.25, 0.3) is 33.4 Å². The van der Waals surface area contributed by atoms with Crippen LogP contribution in [-0.4, -0.2) is 82.0 Å². The van der Waals surface area contributed by atoms with E-state index in [-0.39, 0.29) is 36.3 Å². The highest BCUT2D eigenvalue weighted by Gasteiger charge is 2.35. The summed E-state index contributed by atoms with van der Waals surface area (Å²) >= 11 is 5.67. The van der Waals surface area contributed by atoms with Crippen LogP contribution >= 0.6 is 11.6 Å². The molecule has 0 radical (unpaired) electrons. The van der Waals surface area contributed by atoms with Crippen LogP contribution in [-0.2, 0) is 9.47 Å². The lowest BCUT2D eigenvalue weighted by Gasteiger charge is -2.33. The fourth-order valence-electron chi connectivity index (χ4n) is 6.27. The third kappa shape index (κ3) is 7.47. The van der Waals surface area contributed by atoms with E-state index in [0.29, 0.717) is 30.4 Å². The minimum atomic E-state index is -1.89. The number of carbonyl (C=O) groups is 2. The van der Waals surface area contributed by atoms with Crippen molar-refractivity contribution in [1.82, 2.24) is 9.89 Å². The summed E-state index contributed by atoms with van der Waals surface area (Å²) in [5.74, 6) is -7.41. The number of benzene rings is 3. The molecule has 4 aliphatic rings. The minimum absolute atomic E-state index is 0.00474. The number of halogens is 4. The molecule has 9 nitrogen and oxygen atoms in total. The highest BCUT2D eigenvalue weighted by molar-refractivity contribution is 6.17. The molecule has 2 fully saturated rings. The van der Waals surface area contributed by atoms with Gasteiger partial charge in [-0.15, -0.1) is 11.6 Å². The second kappa shape index (κ2) is 16.3. The van der Waals surface area contributed by atoms with Crippen LogP contribution in [0.4, 0.5) is 18.9 Å². The number of amides is 1. The summed E-state index contributed by atoms with van der Waals surface area (Å²) in [4.78, 5) is 27.8. The fraction of sp³-hybridized carbons (Fsp3) is 0.432. The topological polar surface area (TPSA) is 104 Å². The molecule has 2 aromatic rings. The molecule has 0 atom stereocenters. The standard InChI is InChI=1S/C37H39ClF3N3O6/c38-11-3-1-2-4-17-48-19-20-49-18-12-42-36(45)32-33(39)30(31(37(46)47)34(40)35(32)41)29-25-9-7-23(43-13-5-14-43)21-27(25)50-28-22-24(8-10-26(28)29)44-15-6-16-44/h7-10,21-22H,1-6,11-20H2,(H-,42,45,46,47)/p+1. The predicted octanol–water partition coefficient (Wildman–Crippen LogP) is 6.27. The van der Waals surface area contributed by atoms with Crippen molar-refractivity contribution in [2.45, 2.75) is 38.5 Å². The van der Waals surface area contributed by atoms with Crippen molar-refractivity contribution in [2.24, 2.45) is 0 Å². The Morgan fingerprint density at radius 3 is 2.28 bits per heavy atom. The van der Waals surface area contributed by atoms with E-state index >= 15 is 13.2 Å². The first-order chi connectivity index (χ1) is 24.3. The van der Waals surface area contributed by atoms with E-state index in [9.17, 15) is 14.7 Å². The molecular formula is C37H40ClF3N3O6+. The molecule has 0 spiro atoms. The summed E-state index contributed by atoms with van der Waals surface area (Å²) in [5.41, 5.74) is -1.76. The zero-order valence-corrected chi connectivity index (χ0v) is 28.4. The average Bonchev–Trinajstić information content (AvgIpc) is 3.04. The van der Waals surface area contributed by atoms with Crippen molar-refractivity contribution < 1.29 is 41.8 Å². The summed E-state index contributed by atoms with van der Waals surface area (Å²) in [7, 11) is 0. The molecule has 266 valence electrons. The van der Waals surface area contributed by atoms with E-state index in [0.717, 1.165) is 75.7 Å². The van der Waals surface area contributed by atoms with E-state index in [1.807, 2.05) is 0 Å². The van der Waals surface area contributed by atoms with Crippen LogP contribution < -0.4 is 20.1 Å². The monoisotopic (exact) mass is 714 g/mol. The molecule has 2 saturated heterocycles. The number of nitrogens with one attached hydrogen (secondary N) is 1. The Balaban J connectivity index is 1.31. The van der Waals surface area contributed by atoms with Gasteiger partial charge in [0.15, 0.2) is 11.6 Å². The number of fused-ring (bicyclic) bond motifs is 2. The average molecular weight is 715 g/mol. The number of alkyl halides is 1. The summed E-state index contributed by atoms with van der Waals surface area (Å²) in [6, 6.07) is 10.4. The molecule has 1 aliphatic carbocycles. The van der Waals surface area contributed by atoms with E-state index < -0.39 is 46.0 Å². The Bertz CT molecular complexity index is 1920. The van der Waals surface area contributed by atoms with Crippen LogP contribution in [0.15, 0.2) is 40.8 Å². The molecule has 1 amide bonds. The van der Waals surface area contributed by atoms with Gasteiger partial charge in [-0.25, -0.2) is 22.5 Å². The summed E-state index contributed by atoms with van der Waals surface area (Å²) in [6.07, 6.45) is 6.00. The maximum Gasteiger partial charge on any atom is 0.339 e. The molecule has 2 aromatic carbocycles. The fourth-order valence-corrected chi connectivity index (χ4v) is 6.46. The first-order valence-corrected chi connectivity index (χ1v) is 17.6. The second-order valence-corrected chi connectivity index (χ2v) is 12.9. The van der Waals surface area contributed by atoms with E-state index in [2.05, 4.69) is 14.8 Å². The normalized spacial score (nSPS) is 14.2. The molecule has 0 unspecified atom stereocenters. The SMILES string of the molecule is O=C(NCCOCCOCCCCCCCl)c1c(F)c(F)c(C(=O)O)c(-c2c3ccc(=[N+]4CCC4)cc-3oc3cc(N4CCC4)ccc23)c1F. The number of carbonyl (C=O) groups excluding carboxylic acids is 1. The Kier molecular flexibility index (Phi) is 11.6. The number of nitrogens with zero attached hydrogens (tertiary/aromatic N) is 2. The maximum atomic E-state index is 16.7. The number of carboxylic acid groups (broad SMARTS) is 1. The van der Waals surface area contributed by atoms with Gasteiger partial charge in [0.2, 0.25) is 5.36 Å². The van der Waals surface area contributed by atoms with Gasteiger partial charge in [0.25, 0.3) is 5.91 Å². The maximum absolute atomic E-state index is 16.7. The van der Waals surface area contributed by atoms with Crippen molar-refractivity contribution in [2.75, 3.05) is 69.9 Å². The van der Waals surface area contributed by atoms with Crippen molar-refractivity contribution >= 4 is 40.1 Å². The Morgan fingerprint density at radius 1 is 0.860 bits per heavy atom. The van der Waals surface area contributed by atoms with Gasteiger partial charge in [-0.3, -0.25) is 4.79 Å². The molecular weight excluding hydrogens is 675 g/mol. The first-order valence-electron chi connectivity index (χ1n) is 17.1. The van der Waals surface area contributed by atoms with Crippen LogP contribution in [0.1, 0.15) is 59.2 Å². The van der Waals surface area contributed by atoms with Gasteiger partial charge in [-0.05, 0) is 37.5 Å². The minimum Gasteiger partial charge on any atom is -0.478 e. The summed E-state index contributed by atoms with van der Waals surface area (Å²) in [6.45, 7) is 4.41. The largest absolute Gasteiger partial charge is 0.478 e. The smallest absolute Gasteiger partial charge is 0.339 e. The van der Waals surface area contributed by atoms with Crippen molar-refractivity contribution in [3.63, 3.8) is 0 Å². The zero-order valence-electron chi connectivity index (χ0n) is 27.7. The lowest BCUT2D eigenvalue weighted by molar-refractivity contribution is 0.0468. The number of hydrogen-bond acceptors (Lipinski definition) is 6. The highest BCUT2D eigenvalue weighted by atomic mass is 35.5. The van der Waals surface area contributed by atoms with Gasteiger partial charge in [-0.2, -0.15) is 0 Å². The number of aromatic carboxylic acids is 1. The van der Waals surface area contributed by atoms with Crippen LogP contribution in [0.5, 0.6) is 0 Å². The molecule has 6 rings (SSSR count). The third-order valence-corrected chi connectivity index (χ3v) is 9.49. The van der Waals surface area contributed by atoms with Gasteiger partial charge in [0.05, 0.1) is 32.3 Å². The molecule has 0 bridgehead atoms. The second-order valence-electron chi connectivity index (χ2n) is 12.5. The van der Waals surface area contributed by atoms with Crippen LogP contribution in [0.3, 0.4) is 0 Å². The third-order valence-electron chi connectivity index (χ3n) is 9.22. The Labute approximate surface area is 292 Å². The first kappa shape index (κ1) is 35.7. The molecule has 2 N–H and O–H groups in total. The lowest BCUT2D eigenvalue weighted by Crippen LogP contribution is -2.40. The molecule has 3 aliphatic heterocycles. The molecule has 0 aromatic heterocycles. The Morgan fingerprint density at radius 2 is 1.60 bits per heavy atom. The number of rotatable bonds is 16. The predicted molar refractivity (Wildman–Crippen MR) is 185 cm³/mol. The van der Waals surface area contributed by atoms with Gasteiger partial charge in [-0.1, -0.05) is 12.8 Å². The number of unbranched alkanes of at least 4 members (excludes halogenated alkanes) is 3. The Hall–Kier alpha value is -4.13. The summed E-state index contributed by atoms with van der Waals surface area (Å²) in [5, 5.41) is 13.6. The molecule has 0 saturated carbocycles. The lowest BCUT2D eigenvalue weighted by atomic mass is 9.88. The molecule has 3 heterocycles. The van der Waals surface area contributed by atoms with Crippen LogP contribution in [0, 0.1) is 17.5 Å². The number of hydrogen-bond donors (Lipinski definition) is 2. The van der Waals surface area contributed by atoms with Crippen molar-refractivity contribution in [3.05, 3.63) is 70.3 Å². The number of anilines is 1. The summed E-state index contributed by atoms with van der Waals surface area (Å²) < 4.78 is 67.3. The molecule has 13 heteroatoms. The zero-order chi connectivity index (χ0) is 35.2. The van der Waals surface area contributed by atoms with E-state index in [1.54, 1.807) is 36.4 Å². The highest BCUT2D eigenvalue weighted by Crippen LogP contribution is 2.45. The number of carboxylic acids is 1.